The lowest BCUT2D eigenvalue weighted by atomic mass is 9.95. The molecule has 0 heterocycles. The highest BCUT2D eigenvalue weighted by Gasteiger charge is 2.18. The second kappa shape index (κ2) is 5.71. The molecule has 0 unspecified atom stereocenters. The molecule has 0 saturated carbocycles. The van der Waals surface area contributed by atoms with E-state index < -0.39 is 0 Å². The Labute approximate surface area is 103 Å². The van der Waals surface area contributed by atoms with Crippen LogP contribution in [0.3, 0.4) is 0 Å². The molecule has 0 atom stereocenters. The average molecular weight is 235 g/mol. The third-order valence-corrected chi connectivity index (χ3v) is 2.39. The van der Waals surface area contributed by atoms with Crippen LogP contribution in [0.25, 0.3) is 0 Å². The Hall–Kier alpha value is -1.51. The lowest BCUT2D eigenvalue weighted by Crippen LogP contribution is -2.43. The van der Waals surface area contributed by atoms with Crippen LogP contribution in [0.5, 0.6) is 5.75 Å². The summed E-state index contributed by atoms with van der Waals surface area (Å²) in [5.74, 6) is 0.884. The van der Waals surface area contributed by atoms with E-state index in [4.69, 9.17) is 4.74 Å². The Balaban J connectivity index is 2.65. The van der Waals surface area contributed by atoms with Gasteiger partial charge in [-0.2, -0.15) is 0 Å². The first kappa shape index (κ1) is 13.6. The van der Waals surface area contributed by atoms with Gasteiger partial charge in [-0.1, -0.05) is 12.1 Å². The number of ether oxygens (including phenoxy) is 1. The van der Waals surface area contributed by atoms with Gasteiger partial charge in [0.05, 0.1) is 6.61 Å². The number of benzene rings is 1. The van der Waals surface area contributed by atoms with Crippen molar-refractivity contribution in [2.75, 3.05) is 6.61 Å². The highest BCUT2D eigenvalue weighted by molar-refractivity contribution is 5.73. The van der Waals surface area contributed by atoms with Crippen molar-refractivity contribution >= 4 is 5.91 Å². The van der Waals surface area contributed by atoms with Gasteiger partial charge in [-0.05, 0) is 44.9 Å². The molecule has 0 bridgehead atoms. The van der Waals surface area contributed by atoms with Gasteiger partial charge in [0.25, 0.3) is 0 Å². The predicted molar refractivity (Wildman–Crippen MR) is 69.2 cm³/mol. The summed E-state index contributed by atoms with van der Waals surface area (Å²) in [4.78, 5) is 11.1. The van der Waals surface area contributed by atoms with E-state index in [1.165, 1.54) is 5.56 Å². The van der Waals surface area contributed by atoms with E-state index in [0.29, 0.717) is 6.61 Å². The number of rotatable bonds is 5. The van der Waals surface area contributed by atoms with Crippen molar-refractivity contribution in [2.24, 2.45) is 0 Å². The molecule has 0 radical (unpaired) electrons. The van der Waals surface area contributed by atoms with E-state index in [1.54, 1.807) is 6.92 Å². The van der Waals surface area contributed by atoms with Crippen LogP contribution >= 0.6 is 0 Å². The third kappa shape index (κ3) is 4.89. The highest BCUT2D eigenvalue weighted by atomic mass is 16.5. The zero-order valence-electron chi connectivity index (χ0n) is 11.0. The van der Waals surface area contributed by atoms with Crippen molar-refractivity contribution in [3.63, 3.8) is 0 Å². The van der Waals surface area contributed by atoms with Gasteiger partial charge in [0.15, 0.2) is 0 Å². The summed E-state index contributed by atoms with van der Waals surface area (Å²) < 4.78 is 5.39. The number of amides is 1. The summed E-state index contributed by atoms with van der Waals surface area (Å²) in [6.45, 7) is 8.22. The van der Waals surface area contributed by atoms with E-state index in [9.17, 15) is 4.79 Å². The lowest BCUT2D eigenvalue weighted by molar-refractivity contribution is -0.120. The molecule has 0 spiro atoms. The molecular formula is C14H21NO2. The monoisotopic (exact) mass is 235 g/mol. The van der Waals surface area contributed by atoms with Crippen molar-refractivity contribution in [2.45, 2.75) is 39.7 Å². The lowest BCUT2D eigenvalue weighted by Gasteiger charge is -2.25. The molecule has 0 aliphatic carbocycles. The topological polar surface area (TPSA) is 38.3 Å². The molecule has 0 aliphatic heterocycles. The van der Waals surface area contributed by atoms with Crippen LogP contribution in [0.15, 0.2) is 24.3 Å². The molecular weight excluding hydrogens is 214 g/mol. The number of carbonyl (C=O) groups is 1. The molecule has 17 heavy (non-hydrogen) atoms. The van der Waals surface area contributed by atoms with Gasteiger partial charge < -0.3 is 10.1 Å². The maximum atomic E-state index is 11.1. The maximum Gasteiger partial charge on any atom is 0.217 e. The fourth-order valence-electron chi connectivity index (χ4n) is 1.90. The molecule has 3 heteroatoms. The van der Waals surface area contributed by atoms with Gasteiger partial charge in [0.2, 0.25) is 5.91 Å². The second-order valence-electron chi connectivity index (χ2n) is 4.82. The maximum absolute atomic E-state index is 11.1. The van der Waals surface area contributed by atoms with Crippen molar-refractivity contribution < 1.29 is 9.53 Å². The Morgan fingerprint density at radius 2 is 1.88 bits per heavy atom. The van der Waals surface area contributed by atoms with Crippen molar-refractivity contribution in [3.05, 3.63) is 29.8 Å². The first-order valence-corrected chi connectivity index (χ1v) is 5.93. The predicted octanol–water partition coefficient (Wildman–Crippen LogP) is 2.54. The first-order chi connectivity index (χ1) is 7.93. The van der Waals surface area contributed by atoms with Crippen LogP contribution in [0.2, 0.25) is 0 Å². The summed E-state index contributed by atoms with van der Waals surface area (Å²) in [6, 6.07) is 7.99. The summed E-state index contributed by atoms with van der Waals surface area (Å²) in [5.41, 5.74) is 0.964. The summed E-state index contributed by atoms with van der Waals surface area (Å²) >= 11 is 0. The van der Waals surface area contributed by atoms with Gasteiger partial charge in [-0.25, -0.2) is 0 Å². The Morgan fingerprint density at radius 1 is 1.29 bits per heavy atom. The normalized spacial score (nSPS) is 11.1. The molecule has 1 aromatic rings. The van der Waals surface area contributed by atoms with Gasteiger partial charge in [0, 0.05) is 12.5 Å². The van der Waals surface area contributed by atoms with Crippen molar-refractivity contribution in [1.29, 1.82) is 0 Å². The third-order valence-electron chi connectivity index (χ3n) is 2.39. The van der Waals surface area contributed by atoms with Crippen molar-refractivity contribution in [1.82, 2.24) is 5.32 Å². The molecule has 1 amide bonds. The molecule has 0 aromatic heterocycles. The highest BCUT2D eigenvalue weighted by Crippen LogP contribution is 2.17. The van der Waals surface area contributed by atoms with Crippen molar-refractivity contribution in [3.8, 4) is 5.75 Å². The average Bonchev–Trinajstić information content (AvgIpc) is 2.18. The van der Waals surface area contributed by atoms with E-state index in [-0.39, 0.29) is 11.4 Å². The molecule has 94 valence electrons. The zero-order valence-corrected chi connectivity index (χ0v) is 11.0. The van der Waals surface area contributed by atoms with Crippen LogP contribution in [0, 0.1) is 0 Å². The summed E-state index contributed by atoms with van der Waals surface area (Å²) in [5, 5.41) is 2.94. The van der Waals surface area contributed by atoms with Gasteiger partial charge in [-0.15, -0.1) is 0 Å². The SMILES string of the molecule is CCOc1ccc(CC(C)(C)NC(C)=O)cc1. The van der Waals surface area contributed by atoms with E-state index >= 15 is 0 Å². The fraction of sp³-hybridized carbons (Fsp3) is 0.500. The molecule has 0 aliphatic rings. The van der Waals surface area contributed by atoms with Crippen LogP contribution in [0.4, 0.5) is 0 Å². The number of hydrogen-bond donors (Lipinski definition) is 1. The molecule has 0 saturated heterocycles. The minimum absolute atomic E-state index is 0.000867. The van der Waals surface area contributed by atoms with Crippen LogP contribution in [-0.2, 0) is 11.2 Å². The summed E-state index contributed by atoms with van der Waals surface area (Å²) in [7, 11) is 0. The van der Waals surface area contributed by atoms with Gasteiger partial charge in [-0.3, -0.25) is 4.79 Å². The molecule has 1 N–H and O–H groups in total. The fourth-order valence-corrected chi connectivity index (χ4v) is 1.90. The first-order valence-electron chi connectivity index (χ1n) is 5.93. The molecule has 1 aromatic carbocycles. The van der Waals surface area contributed by atoms with Crippen LogP contribution in [-0.4, -0.2) is 18.1 Å². The minimum Gasteiger partial charge on any atom is -0.494 e. The Morgan fingerprint density at radius 3 is 2.35 bits per heavy atom. The second-order valence-corrected chi connectivity index (χ2v) is 4.82. The standard InChI is InChI=1S/C14H21NO2/c1-5-17-13-8-6-12(7-9-13)10-14(3,4)15-11(2)16/h6-9H,5,10H2,1-4H3,(H,15,16). The zero-order chi connectivity index (χ0) is 12.9. The molecule has 0 fully saturated rings. The van der Waals surface area contributed by atoms with E-state index in [1.807, 2.05) is 45.0 Å². The molecule has 1 rings (SSSR count). The summed E-state index contributed by atoms with van der Waals surface area (Å²) in [6.07, 6.45) is 0.805. The van der Waals surface area contributed by atoms with E-state index in [0.717, 1.165) is 12.2 Å². The Bertz CT molecular complexity index is 368. The number of hydrogen-bond acceptors (Lipinski definition) is 2. The van der Waals surface area contributed by atoms with Crippen LogP contribution < -0.4 is 10.1 Å². The quantitative estimate of drug-likeness (QED) is 0.851. The number of carbonyl (C=O) groups excluding carboxylic acids is 1. The minimum atomic E-state index is -0.223. The van der Waals surface area contributed by atoms with E-state index in [2.05, 4.69) is 5.32 Å². The van der Waals surface area contributed by atoms with Gasteiger partial charge in [0.1, 0.15) is 5.75 Å². The Kier molecular flexibility index (Phi) is 4.55. The van der Waals surface area contributed by atoms with Gasteiger partial charge >= 0.3 is 0 Å². The molecule has 3 nitrogen and oxygen atoms in total. The largest absolute Gasteiger partial charge is 0.494 e. The van der Waals surface area contributed by atoms with Crippen LogP contribution in [0.1, 0.15) is 33.3 Å². The number of nitrogens with one attached hydrogen (secondary N) is 1. The smallest absolute Gasteiger partial charge is 0.217 e.